The lowest BCUT2D eigenvalue weighted by atomic mass is 10.2. The molecule has 3 heteroatoms. The monoisotopic (exact) mass is 226 g/mol. The fourth-order valence-electron chi connectivity index (χ4n) is 1.53. The number of hydrogen-bond donors (Lipinski definition) is 0. The van der Waals surface area contributed by atoms with Gasteiger partial charge >= 0.3 is 0 Å². The van der Waals surface area contributed by atoms with Crippen LogP contribution >= 0.6 is 0 Å². The lowest BCUT2D eigenvalue weighted by Gasteiger charge is -2.05. The summed E-state index contributed by atoms with van der Waals surface area (Å²) in [6.07, 6.45) is 0. The maximum Gasteiger partial charge on any atom is 0.146 e. The molecule has 0 saturated carbocycles. The molecule has 0 bridgehead atoms. The number of rotatable bonds is 3. The van der Waals surface area contributed by atoms with Crippen LogP contribution in [-0.4, -0.2) is 7.11 Å². The van der Waals surface area contributed by atoms with Crippen LogP contribution in [0.4, 0.5) is 11.4 Å². The highest BCUT2D eigenvalue weighted by molar-refractivity contribution is 5.57. The summed E-state index contributed by atoms with van der Waals surface area (Å²) >= 11 is 0. The Hall–Kier alpha value is -2.16. The van der Waals surface area contributed by atoms with Gasteiger partial charge in [-0.25, -0.2) is 0 Å². The van der Waals surface area contributed by atoms with Crippen molar-refractivity contribution < 1.29 is 4.74 Å². The number of hydrogen-bond acceptors (Lipinski definition) is 3. The Labute approximate surface area is 101 Å². The van der Waals surface area contributed by atoms with Crippen LogP contribution in [0.2, 0.25) is 0 Å². The number of nitrogens with zero attached hydrogens (tertiary/aromatic N) is 2. The largest absolute Gasteiger partial charge is 0.494 e. The van der Waals surface area contributed by atoms with Crippen molar-refractivity contribution in [2.75, 3.05) is 7.11 Å². The van der Waals surface area contributed by atoms with Crippen LogP contribution in [0, 0.1) is 6.92 Å². The zero-order valence-electron chi connectivity index (χ0n) is 9.92. The molecular formula is C14H14N2O. The summed E-state index contributed by atoms with van der Waals surface area (Å²) in [4.78, 5) is 0. The molecule has 0 radical (unpaired) electrons. The molecule has 0 heterocycles. The van der Waals surface area contributed by atoms with Gasteiger partial charge in [-0.1, -0.05) is 30.3 Å². The lowest BCUT2D eigenvalue weighted by molar-refractivity contribution is 0.415. The van der Waals surface area contributed by atoms with E-state index in [0.717, 1.165) is 22.7 Å². The summed E-state index contributed by atoms with van der Waals surface area (Å²) in [6.45, 7) is 1.99. The SMILES string of the molecule is COc1cccc(C)c1N=Nc1ccccc1. The number of azo groups is 1. The average molecular weight is 226 g/mol. The quantitative estimate of drug-likeness (QED) is 0.713. The van der Waals surface area contributed by atoms with E-state index in [1.165, 1.54) is 0 Å². The molecule has 0 spiro atoms. The van der Waals surface area contributed by atoms with Gasteiger partial charge in [-0.3, -0.25) is 0 Å². The molecule has 0 aliphatic heterocycles. The van der Waals surface area contributed by atoms with Crippen LogP contribution < -0.4 is 4.74 Å². The van der Waals surface area contributed by atoms with Crippen molar-refractivity contribution in [1.82, 2.24) is 0 Å². The summed E-state index contributed by atoms with van der Waals surface area (Å²) in [6, 6.07) is 15.5. The minimum atomic E-state index is 0.740. The van der Waals surface area contributed by atoms with Crippen molar-refractivity contribution in [2.24, 2.45) is 10.2 Å². The molecule has 0 aliphatic carbocycles. The Bertz CT molecular complexity index is 521. The maximum absolute atomic E-state index is 5.26. The predicted molar refractivity (Wildman–Crippen MR) is 68.3 cm³/mol. The third-order valence-corrected chi connectivity index (χ3v) is 2.44. The molecule has 0 saturated heterocycles. The average Bonchev–Trinajstić information content (AvgIpc) is 2.38. The third kappa shape index (κ3) is 2.69. The van der Waals surface area contributed by atoms with Gasteiger partial charge in [-0.05, 0) is 30.7 Å². The van der Waals surface area contributed by atoms with E-state index >= 15 is 0 Å². The third-order valence-electron chi connectivity index (χ3n) is 2.44. The van der Waals surface area contributed by atoms with Crippen LogP contribution in [0.1, 0.15) is 5.56 Å². The molecule has 3 nitrogen and oxygen atoms in total. The van der Waals surface area contributed by atoms with E-state index in [-0.39, 0.29) is 0 Å². The van der Waals surface area contributed by atoms with Crippen molar-refractivity contribution in [3.05, 3.63) is 54.1 Å². The highest BCUT2D eigenvalue weighted by Crippen LogP contribution is 2.32. The minimum absolute atomic E-state index is 0.740. The van der Waals surface area contributed by atoms with E-state index in [4.69, 9.17) is 4.74 Å². The molecule has 2 aromatic rings. The second kappa shape index (κ2) is 5.25. The van der Waals surface area contributed by atoms with Crippen molar-refractivity contribution in [3.63, 3.8) is 0 Å². The molecule has 0 fully saturated rings. The van der Waals surface area contributed by atoms with E-state index in [1.54, 1.807) is 7.11 Å². The van der Waals surface area contributed by atoms with E-state index < -0.39 is 0 Å². The van der Waals surface area contributed by atoms with Gasteiger partial charge in [0, 0.05) is 0 Å². The summed E-state index contributed by atoms with van der Waals surface area (Å²) in [7, 11) is 1.64. The molecule has 0 amide bonds. The number of ether oxygens (including phenoxy) is 1. The zero-order valence-corrected chi connectivity index (χ0v) is 9.92. The first-order valence-corrected chi connectivity index (χ1v) is 5.41. The minimum Gasteiger partial charge on any atom is -0.494 e. The Kier molecular flexibility index (Phi) is 3.50. The van der Waals surface area contributed by atoms with Crippen LogP contribution in [0.3, 0.4) is 0 Å². The van der Waals surface area contributed by atoms with Gasteiger partial charge in [0.2, 0.25) is 0 Å². The highest BCUT2D eigenvalue weighted by Gasteiger charge is 2.04. The highest BCUT2D eigenvalue weighted by atomic mass is 16.5. The molecule has 86 valence electrons. The lowest BCUT2D eigenvalue weighted by Crippen LogP contribution is -1.84. The van der Waals surface area contributed by atoms with Gasteiger partial charge in [0.05, 0.1) is 12.8 Å². The van der Waals surface area contributed by atoms with Crippen LogP contribution in [0.5, 0.6) is 5.75 Å². The van der Waals surface area contributed by atoms with Gasteiger partial charge in [0.15, 0.2) is 0 Å². The van der Waals surface area contributed by atoms with E-state index in [1.807, 2.05) is 55.5 Å². The molecular weight excluding hydrogens is 212 g/mol. The maximum atomic E-state index is 5.26. The standard InChI is InChI=1S/C14H14N2O/c1-11-7-6-10-13(17-2)14(11)16-15-12-8-4-3-5-9-12/h3-10H,1-2H3. The van der Waals surface area contributed by atoms with E-state index in [0.29, 0.717) is 0 Å². The first kappa shape index (κ1) is 11.3. The molecule has 0 N–H and O–H groups in total. The fourth-order valence-corrected chi connectivity index (χ4v) is 1.53. The van der Waals surface area contributed by atoms with Crippen molar-refractivity contribution in [2.45, 2.75) is 6.92 Å². The Morgan fingerprint density at radius 2 is 1.65 bits per heavy atom. The predicted octanol–water partition coefficient (Wildman–Crippen LogP) is 4.42. The molecule has 17 heavy (non-hydrogen) atoms. The van der Waals surface area contributed by atoms with Gasteiger partial charge in [0.25, 0.3) is 0 Å². The van der Waals surface area contributed by atoms with E-state index in [9.17, 15) is 0 Å². The van der Waals surface area contributed by atoms with Gasteiger partial charge in [-0.2, -0.15) is 5.11 Å². The Morgan fingerprint density at radius 1 is 0.882 bits per heavy atom. The molecule has 0 aliphatic rings. The normalized spacial score (nSPS) is 10.7. The van der Waals surface area contributed by atoms with Gasteiger partial charge in [-0.15, -0.1) is 5.11 Å². The summed E-state index contributed by atoms with van der Waals surface area (Å²) in [5.74, 6) is 0.740. The smallest absolute Gasteiger partial charge is 0.146 e. The number of methoxy groups -OCH3 is 1. The molecule has 0 atom stereocenters. The van der Waals surface area contributed by atoms with Gasteiger partial charge < -0.3 is 4.74 Å². The van der Waals surface area contributed by atoms with Crippen LogP contribution in [-0.2, 0) is 0 Å². The Morgan fingerprint density at radius 3 is 2.35 bits per heavy atom. The summed E-state index contributed by atoms with van der Waals surface area (Å²) in [5.41, 5.74) is 2.65. The first-order valence-electron chi connectivity index (χ1n) is 5.41. The number of benzene rings is 2. The van der Waals surface area contributed by atoms with Crippen molar-refractivity contribution in [3.8, 4) is 5.75 Å². The van der Waals surface area contributed by atoms with Crippen LogP contribution in [0.25, 0.3) is 0 Å². The molecule has 0 aromatic heterocycles. The molecule has 2 rings (SSSR count). The van der Waals surface area contributed by atoms with Crippen LogP contribution in [0.15, 0.2) is 58.8 Å². The Balaban J connectivity index is 2.33. The second-order valence-electron chi connectivity index (χ2n) is 3.66. The fraction of sp³-hybridized carbons (Fsp3) is 0.143. The summed E-state index contributed by atoms with van der Waals surface area (Å²) < 4.78 is 5.26. The zero-order chi connectivity index (χ0) is 12.1. The molecule has 2 aromatic carbocycles. The topological polar surface area (TPSA) is 34.0 Å². The van der Waals surface area contributed by atoms with Crippen molar-refractivity contribution >= 4 is 11.4 Å². The summed E-state index contributed by atoms with van der Waals surface area (Å²) in [5, 5.41) is 8.44. The van der Waals surface area contributed by atoms with Gasteiger partial charge in [0.1, 0.15) is 11.4 Å². The van der Waals surface area contributed by atoms with Crippen molar-refractivity contribution in [1.29, 1.82) is 0 Å². The van der Waals surface area contributed by atoms with E-state index in [2.05, 4.69) is 10.2 Å². The second-order valence-corrected chi connectivity index (χ2v) is 3.66. The molecule has 0 unspecified atom stereocenters. The number of aryl methyl sites for hydroxylation is 1. The first-order chi connectivity index (χ1) is 8.31.